The average molecular weight is 442 g/mol. The van der Waals surface area contributed by atoms with Crippen molar-refractivity contribution in [3.63, 3.8) is 0 Å². The number of benzene rings is 2. The van der Waals surface area contributed by atoms with Crippen LogP contribution in [0.3, 0.4) is 0 Å². The third kappa shape index (κ3) is 4.20. The number of nitrogens with one attached hydrogen (secondary N) is 1. The van der Waals surface area contributed by atoms with Crippen LogP contribution in [0.15, 0.2) is 53.3 Å². The van der Waals surface area contributed by atoms with Gasteiger partial charge < -0.3 is 5.32 Å². The molecule has 6 nitrogen and oxygen atoms in total. The molecule has 4 aromatic rings. The first-order chi connectivity index (χ1) is 15.2. The second kappa shape index (κ2) is 8.22. The summed E-state index contributed by atoms with van der Waals surface area (Å²) in [5.74, 6) is -4.56. The maximum Gasteiger partial charge on any atom is 0.266 e. The number of nitrogens with zero attached hydrogens (tertiary/aromatic N) is 3. The molecule has 10 heteroatoms. The first kappa shape index (κ1) is 21.2. The molecule has 0 aliphatic rings. The molecule has 1 amide bonds. The smallest absolute Gasteiger partial charge is 0.266 e. The molecule has 0 spiro atoms. The molecule has 2 aromatic heterocycles. The average Bonchev–Trinajstić information content (AvgIpc) is 2.70. The number of anilines is 1. The van der Waals surface area contributed by atoms with Crippen molar-refractivity contribution in [2.45, 2.75) is 13.3 Å². The van der Waals surface area contributed by atoms with Gasteiger partial charge in [-0.3, -0.25) is 14.2 Å². The number of halogens is 4. The Morgan fingerprint density at radius 2 is 1.56 bits per heavy atom. The molecule has 162 valence electrons. The van der Waals surface area contributed by atoms with Crippen molar-refractivity contribution in [2.24, 2.45) is 0 Å². The van der Waals surface area contributed by atoms with Crippen molar-refractivity contribution in [1.82, 2.24) is 14.5 Å². The van der Waals surface area contributed by atoms with Crippen LogP contribution in [0.1, 0.15) is 11.4 Å². The standard InChI is InChI=1S/C22H14F4N4O2/c1-11-27-18-10-17(24)16(23)9-15(18)22(32)30(11)14-4-2-13(3-5-14)28-21(31)8-12-6-19(25)29-20(26)7-12/h2-7,9-10H,8H2,1H3,(H,28,31). The summed E-state index contributed by atoms with van der Waals surface area (Å²) >= 11 is 0. The molecule has 0 bridgehead atoms. The van der Waals surface area contributed by atoms with E-state index < -0.39 is 35.0 Å². The second-order valence-corrected chi connectivity index (χ2v) is 6.98. The molecular weight excluding hydrogens is 428 g/mol. The van der Waals surface area contributed by atoms with E-state index in [0.29, 0.717) is 11.4 Å². The summed E-state index contributed by atoms with van der Waals surface area (Å²) in [7, 11) is 0. The van der Waals surface area contributed by atoms with Gasteiger partial charge in [0.2, 0.25) is 17.8 Å². The Kier molecular flexibility index (Phi) is 5.43. The van der Waals surface area contributed by atoms with Gasteiger partial charge in [0.15, 0.2) is 11.6 Å². The number of amides is 1. The fourth-order valence-electron chi connectivity index (χ4n) is 3.30. The van der Waals surface area contributed by atoms with Gasteiger partial charge in [-0.1, -0.05) is 0 Å². The summed E-state index contributed by atoms with van der Waals surface area (Å²) in [6.07, 6.45) is -0.270. The quantitative estimate of drug-likeness (QED) is 0.385. The molecule has 0 saturated heterocycles. The summed E-state index contributed by atoms with van der Waals surface area (Å²) in [5, 5.41) is 2.50. The molecule has 1 N–H and O–H groups in total. The van der Waals surface area contributed by atoms with Crippen LogP contribution in [0.5, 0.6) is 0 Å². The van der Waals surface area contributed by atoms with E-state index in [9.17, 15) is 27.2 Å². The number of fused-ring (bicyclic) bond motifs is 1. The molecule has 0 radical (unpaired) electrons. The van der Waals surface area contributed by atoms with Gasteiger partial charge in [0.05, 0.1) is 23.0 Å². The summed E-state index contributed by atoms with van der Waals surface area (Å²) < 4.78 is 54.6. The molecule has 0 fully saturated rings. The number of pyridine rings is 1. The highest BCUT2D eigenvalue weighted by Gasteiger charge is 2.14. The van der Waals surface area contributed by atoms with E-state index in [1.54, 1.807) is 6.92 Å². The largest absolute Gasteiger partial charge is 0.326 e. The molecule has 2 aromatic carbocycles. The SMILES string of the molecule is Cc1nc2cc(F)c(F)cc2c(=O)n1-c1ccc(NC(=O)Cc2cc(F)nc(F)c2)cc1. The third-order valence-corrected chi connectivity index (χ3v) is 4.67. The minimum atomic E-state index is -1.15. The van der Waals surface area contributed by atoms with Gasteiger partial charge in [0.25, 0.3) is 5.56 Å². The lowest BCUT2D eigenvalue weighted by molar-refractivity contribution is -0.115. The molecule has 0 unspecified atom stereocenters. The topological polar surface area (TPSA) is 76.9 Å². The number of aryl methyl sites for hydroxylation is 1. The third-order valence-electron chi connectivity index (χ3n) is 4.67. The van der Waals surface area contributed by atoms with Gasteiger partial charge in [-0.25, -0.2) is 13.8 Å². The van der Waals surface area contributed by atoms with Crippen molar-refractivity contribution in [3.8, 4) is 5.69 Å². The Balaban J connectivity index is 1.58. The number of carbonyl (C=O) groups is 1. The molecule has 0 atom stereocenters. The fraction of sp³-hybridized carbons (Fsp3) is 0.0909. The van der Waals surface area contributed by atoms with Crippen LogP contribution >= 0.6 is 0 Å². The zero-order valence-corrected chi connectivity index (χ0v) is 16.5. The lowest BCUT2D eigenvalue weighted by Crippen LogP contribution is -2.22. The molecule has 32 heavy (non-hydrogen) atoms. The van der Waals surface area contributed by atoms with Crippen molar-refractivity contribution in [3.05, 3.63) is 93.8 Å². The monoisotopic (exact) mass is 442 g/mol. The Labute approximate surface area is 178 Å². The normalized spacial score (nSPS) is 11.0. The fourth-order valence-corrected chi connectivity index (χ4v) is 3.30. The Morgan fingerprint density at radius 3 is 2.22 bits per heavy atom. The minimum Gasteiger partial charge on any atom is -0.326 e. The van der Waals surface area contributed by atoms with Gasteiger partial charge in [0.1, 0.15) is 5.82 Å². The van der Waals surface area contributed by atoms with Crippen LogP contribution in [0.25, 0.3) is 16.6 Å². The van der Waals surface area contributed by atoms with E-state index in [0.717, 1.165) is 24.3 Å². The maximum atomic E-state index is 13.6. The lowest BCUT2D eigenvalue weighted by atomic mass is 10.2. The van der Waals surface area contributed by atoms with Gasteiger partial charge in [0, 0.05) is 11.8 Å². The van der Waals surface area contributed by atoms with E-state index in [-0.39, 0.29) is 28.7 Å². The molecule has 0 saturated carbocycles. The Hall–Kier alpha value is -4.08. The number of hydrogen-bond acceptors (Lipinski definition) is 4. The molecule has 0 aliphatic heterocycles. The predicted octanol–water partition coefficient (Wildman–Crippen LogP) is 3.83. The summed E-state index contributed by atoms with van der Waals surface area (Å²) in [4.78, 5) is 32.1. The predicted molar refractivity (Wildman–Crippen MR) is 108 cm³/mol. The number of carbonyl (C=O) groups excluding carboxylic acids is 1. The van der Waals surface area contributed by atoms with Gasteiger partial charge in [-0.15, -0.1) is 0 Å². The summed E-state index contributed by atoms with van der Waals surface area (Å²) in [6.45, 7) is 1.55. The number of hydrogen-bond donors (Lipinski definition) is 1. The minimum absolute atomic E-state index is 0.0375. The van der Waals surface area contributed by atoms with E-state index in [2.05, 4.69) is 15.3 Å². The van der Waals surface area contributed by atoms with Crippen LogP contribution in [0.2, 0.25) is 0 Å². The van der Waals surface area contributed by atoms with Crippen molar-refractivity contribution in [1.29, 1.82) is 0 Å². The number of rotatable bonds is 4. The van der Waals surface area contributed by atoms with Gasteiger partial charge in [-0.05, 0) is 55.0 Å². The maximum absolute atomic E-state index is 13.6. The number of aromatic nitrogens is 3. The highest BCUT2D eigenvalue weighted by molar-refractivity contribution is 5.92. The molecular formula is C22H14F4N4O2. The highest BCUT2D eigenvalue weighted by Crippen LogP contribution is 2.18. The van der Waals surface area contributed by atoms with Crippen molar-refractivity contribution >= 4 is 22.5 Å². The molecule has 2 heterocycles. The summed E-state index contributed by atoms with van der Waals surface area (Å²) in [5.41, 5.74) is 0.349. The van der Waals surface area contributed by atoms with Crippen molar-refractivity contribution in [2.75, 3.05) is 5.32 Å². The van der Waals surface area contributed by atoms with E-state index >= 15 is 0 Å². The van der Waals surface area contributed by atoms with Crippen LogP contribution in [0.4, 0.5) is 23.2 Å². The van der Waals surface area contributed by atoms with Gasteiger partial charge >= 0.3 is 0 Å². The summed E-state index contributed by atoms with van der Waals surface area (Å²) in [6, 6.07) is 9.68. The lowest BCUT2D eigenvalue weighted by Gasteiger charge is -2.12. The van der Waals surface area contributed by atoms with E-state index in [1.807, 2.05) is 0 Å². The molecule has 4 rings (SSSR count). The van der Waals surface area contributed by atoms with Crippen LogP contribution in [0, 0.1) is 30.5 Å². The Bertz CT molecular complexity index is 1400. The first-order valence-electron chi connectivity index (χ1n) is 9.32. The van der Waals surface area contributed by atoms with Gasteiger partial charge in [-0.2, -0.15) is 13.8 Å². The van der Waals surface area contributed by atoms with Crippen LogP contribution in [-0.4, -0.2) is 20.4 Å². The Morgan fingerprint density at radius 1 is 0.938 bits per heavy atom. The van der Waals surface area contributed by atoms with Crippen molar-refractivity contribution < 1.29 is 22.4 Å². The highest BCUT2D eigenvalue weighted by atomic mass is 19.2. The zero-order chi connectivity index (χ0) is 23.0. The molecule has 0 aliphatic carbocycles. The van der Waals surface area contributed by atoms with E-state index in [1.165, 1.54) is 28.8 Å². The van der Waals surface area contributed by atoms with Crippen LogP contribution in [-0.2, 0) is 11.2 Å². The van der Waals surface area contributed by atoms with E-state index in [4.69, 9.17) is 0 Å². The second-order valence-electron chi connectivity index (χ2n) is 6.98. The first-order valence-corrected chi connectivity index (χ1v) is 9.32. The zero-order valence-electron chi connectivity index (χ0n) is 16.5. The van der Waals surface area contributed by atoms with Crippen LogP contribution < -0.4 is 10.9 Å².